The van der Waals surface area contributed by atoms with Crippen molar-refractivity contribution in [1.29, 1.82) is 0 Å². The number of Topliss-reactive ketones (excluding diaryl/α,β-unsaturated/α-hetero) is 1. The maximum Gasteiger partial charge on any atom is 0.164 e. The second-order valence-corrected chi connectivity index (χ2v) is 5.20. The Morgan fingerprint density at radius 3 is 2.79 bits per heavy atom. The molecular weight excluding hydrogens is 283 g/mol. The van der Waals surface area contributed by atoms with Gasteiger partial charge in [-0.15, -0.1) is 0 Å². The van der Waals surface area contributed by atoms with Gasteiger partial charge in [0.1, 0.15) is 5.82 Å². The Bertz CT molecular complexity index is 593. The van der Waals surface area contributed by atoms with Gasteiger partial charge in [-0.1, -0.05) is 23.2 Å². The van der Waals surface area contributed by atoms with Crippen molar-refractivity contribution in [1.82, 2.24) is 9.55 Å². The third-order valence-corrected chi connectivity index (χ3v) is 3.50. The zero-order valence-corrected chi connectivity index (χ0v) is 12.1. The van der Waals surface area contributed by atoms with Crippen LogP contribution in [0.3, 0.4) is 0 Å². The first-order valence-corrected chi connectivity index (χ1v) is 6.78. The van der Waals surface area contributed by atoms with Crippen LogP contribution in [0.1, 0.15) is 29.0 Å². The molecule has 2 aromatic rings. The van der Waals surface area contributed by atoms with E-state index in [-0.39, 0.29) is 5.78 Å². The van der Waals surface area contributed by atoms with Crippen LogP contribution in [0.5, 0.6) is 0 Å². The molecule has 3 nitrogen and oxygen atoms in total. The van der Waals surface area contributed by atoms with E-state index in [9.17, 15) is 4.79 Å². The summed E-state index contributed by atoms with van der Waals surface area (Å²) in [5, 5.41) is 0.948. The highest BCUT2D eigenvalue weighted by atomic mass is 35.5. The molecule has 0 amide bonds. The summed E-state index contributed by atoms with van der Waals surface area (Å²) < 4.78 is 1.96. The number of halogens is 2. The van der Waals surface area contributed by atoms with Gasteiger partial charge >= 0.3 is 0 Å². The number of ketones is 1. The molecule has 0 aliphatic carbocycles. The number of carbonyl (C=O) groups is 1. The molecule has 1 aromatic heterocycles. The second kappa shape index (κ2) is 6.22. The number of aryl methyl sites for hydroxylation is 2. The van der Waals surface area contributed by atoms with Crippen LogP contribution in [0.2, 0.25) is 10.0 Å². The van der Waals surface area contributed by atoms with Gasteiger partial charge in [0.2, 0.25) is 0 Å². The van der Waals surface area contributed by atoms with E-state index in [2.05, 4.69) is 4.98 Å². The maximum absolute atomic E-state index is 12.0. The van der Waals surface area contributed by atoms with Crippen molar-refractivity contribution in [3.05, 3.63) is 52.0 Å². The molecule has 0 atom stereocenters. The smallest absolute Gasteiger partial charge is 0.164 e. The third kappa shape index (κ3) is 3.58. The van der Waals surface area contributed by atoms with Crippen LogP contribution in [0.15, 0.2) is 30.6 Å². The van der Waals surface area contributed by atoms with Gasteiger partial charge in [-0.2, -0.15) is 0 Å². The molecule has 2 rings (SSSR count). The number of carbonyl (C=O) groups excluding carboxylic acids is 1. The average Bonchev–Trinajstić information content (AvgIpc) is 2.75. The van der Waals surface area contributed by atoms with Gasteiger partial charge in [0, 0.05) is 42.9 Å². The van der Waals surface area contributed by atoms with E-state index in [0.29, 0.717) is 22.0 Å². The van der Waals surface area contributed by atoms with Crippen LogP contribution < -0.4 is 0 Å². The molecule has 0 radical (unpaired) electrons. The van der Waals surface area contributed by atoms with Gasteiger partial charge in [-0.05, 0) is 24.6 Å². The normalized spacial score (nSPS) is 10.7. The number of aromatic nitrogens is 2. The van der Waals surface area contributed by atoms with Crippen molar-refractivity contribution in [2.24, 2.45) is 7.05 Å². The fourth-order valence-electron chi connectivity index (χ4n) is 1.89. The number of imidazole rings is 1. The quantitative estimate of drug-likeness (QED) is 0.784. The molecule has 100 valence electrons. The molecule has 0 fully saturated rings. The SMILES string of the molecule is Cn1ccnc1CCCC(=O)c1ccc(Cl)cc1Cl. The molecule has 0 saturated heterocycles. The predicted octanol–water partition coefficient (Wildman–Crippen LogP) is 3.93. The number of hydrogen-bond donors (Lipinski definition) is 0. The van der Waals surface area contributed by atoms with Crippen molar-refractivity contribution < 1.29 is 4.79 Å². The molecular formula is C14H14Cl2N2O. The summed E-state index contributed by atoms with van der Waals surface area (Å²) >= 11 is 11.8. The highest BCUT2D eigenvalue weighted by Crippen LogP contribution is 2.22. The largest absolute Gasteiger partial charge is 0.338 e. The van der Waals surface area contributed by atoms with Gasteiger partial charge in [0.15, 0.2) is 5.78 Å². The first-order chi connectivity index (χ1) is 9.08. The van der Waals surface area contributed by atoms with E-state index in [0.717, 1.165) is 18.7 Å². The summed E-state index contributed by atoms with van der Waals surface area (Å²) in [5.41, 5.74) is 0.533. The monoisotopic (exact) mass is 296 g/mol. The number of benzene rings is 1. The Morgan fingerprint density at radius 2 is 2.16 bits per heavy atom. The molecule has 0 aliphatic rings. The lowest BCUT2D eigenvalue weighted by atomic mass is 10.1. The molecule has 1 heterocycles. The second-order valence-electron chi connectivity index (χ2n) is 4.36. The Kier molecular flexibility index (Phi) is 4.61. The summed E-state index contributed by atoms with van der Waals surface area (Å²) in [6.07, 6.45) is 5.64. The van der Waals surface area contributed by atoms with E-state index >= 15 is 0 Å². The molecule has 0 saturated carbocycles. The van der Waals surface area contributed by atoms with E-state index in [1.54, 1.807) is 24.4 Å². The minimum absolute atomic E-state index is 0.0378. The molecule has 0 N–H and O–H groups in total. The van der Waals surface area contributed by atoms with Gasteiger partial charge in [0.05, 0.1) is 5.02 Å². The maximum atomic E-state index is 12.0. The Morgan fingerprint density at radius 1 is 1.37 bits per heavy atom. The minimum Gasteiger partial charge on any atom is -0.338 e. The van der Waals surface area contributed by atoms with E-state index in [1.807, 2.05) is 17.8 Å². The molecule has 0 aliphatic heterocycles. The lowest BCUT2D eigenvalue weighted by Crippen LogP contribution is -2.03. The summed E-state index contributed by atoms with van der Waals surface area (Å²) in [4.78, 5) is 16.3. The molecule has 5 heteroatoms. The van der Waals surface area contributed by atoms with Gasteiger partial charge < -0.3 is 4.57 Å². The van der Waals surface area contributed by atoms with Gasteiger partial charge in [-0.3, -0.25) is 4.79 Å². The van der Waals surface area contributed by atoms with Crippen LogP contribution in [-0.2, 0) is 13.5 Å². The highest BCUT2D eigenvalue weighted by Gasteiger charge is 2.11. The Balaban J connectivity index is 1.93. The van der Waals surface area contributed by atoms with Crippen molar-refractivity contribution >= 4 is 29.0 Å². The molecule has 1 aromatic carbocycles. The van der Waals surface area contributed by atoms with Crippen molar-refractivity contribution in [3.8, 4) is 0 Å². The lowest BCUT2D eigenvalue weighted by molar-refractivity contribution is 0.0980. The molecule has 19 heavy (non-hydrogen) atoms. The summed E-state index contributed by atoms with van der Waals surface area (Å²) in [7, 11) is 1.94. The van der Waals surface area contributed by atoms with Crippen molar-refractivity contribution in [2.75, 3.05) is 0 Å². The van der Waals surface area contributed by atoms with Crippen LogP contribution in [0.25, 0.3) is 0 Å². The summed E-state index contributed by atoms with van der Waals surface area (Å²) in [6, 6.07) is 4.95. The van der Waals surface area contributed by atoms with Crippen LogP contribution in [-0.4, -0.2) is 15.3 Å². The minimum atomic E-state index is 0.0378. The van der Waals surface area contributed by atoms with Gasteiger partial charge in [-0.25, -0.2) is 4.98 Å². The van der Waals surface area contributed by atoms with E-state index in [1.165, 1.54) is 0 Å². The zero-order chi connectivity index (χ0) is 13.8. The van der Waals surface area contributed by atoms with Crippen LogP contribution in [0.4, 0.5) is 0 Å². The lowest BCUT2D eigenvalue weighted by Gasteiger charge is -2.04. The first kappa shape index (κ1) is 14.1. The predicted molar refractivity (Wildman–Crippen MR) is 76.9 cm³/mol. The summed E-state index contributed by atoms with van der Waals surface area (Å²) in [5.74, 6) is 1.02. The standard InChI is InChI=1S/C14H14Cl2N2O/c1-18-8-7-17-14(18)4-2-3-13(19)11-6-5-10(15)9-12(11)16/h5-9H,2-4H2,1H3. The van der Waals surface area contributed by atoms with E-state index < -0.39 is 0 Å². The molecule has 0 unspecified atom stereocenters. The topological polar surface area (TPSA) is 34.9 Å². The zero-order valence-electron chi connectivity index (χ0n) is 10.6. The van der Waals surface area contributed by atoms with Crippen molar-refractivity contribution in [2.45, 2.75) is 19.3 Å². The fraction of sp³-hybridized carbons (Fsp3) is 0.286. The third-order valence-electron chi connectivity index (χ3n) is 2.96. The number of nitrogens with zero attached hydrogens (tertiary/aromatic N) is 2. The highest BCUT2D eigenvalue weighted by molar-refractivity contribution is 6.36. The average molecular weight is 297 g/mol. The summed E-state index contributed by atoms with van der Waals surface area (Å²) in [6.45, 7) is 0. The van der Waals surface area contributed by atoms with Crippen molar-refractivity contribution in [3.63, 3.8) is 0 Å². The van der Waals surface area contributed by atoms with Crippen LogP contribution >= 0.6 is 23.2 Å². The number of rotatable bonds is 5. The Labute approximate surface area is 122 Å². The fourth-order valence-corrected chi connectivity index (χ4v) is 2.41. The van der Waals surface area contributed by atoms with Gasteiger partial charge in [0.25, 0.3) is 0 Å². The van der Waals surface area contributed by atoms with E-state index in [4.69, 9.17) is 23.2 Å². The Hall–Kier alpha value is -1.32. The molecule has 0 spiro atoms. The van der Waals surface area contributed by atoms with Crippen LogP contribution in [0, 0.1) is 0 Å². The first-order valence-electron chi connectivity index (χ1n) is 6.02. The molecule has 0 bridgehead atoms. The number of hydrogen-bond acceptors (Lipinski definition) is 2.